The van der Waals surface area contributed by atoms with Crippen LogP contribution in [0.5, 0.6) is 0 Å². The Morgan fingerprint density at radius 2 is 2.00 bits per heavy atom. The summed E-state index contributed by atoms with van der Waals surface area (Å²) in [6.07, 6.45) is 0.484. The molecule has 0 bridgehead atoms. The lowest BCUT2D eigenvalue weighted by Crippen LogP contribution is -2.00. The van der Waals surface area contributed by atoms with E-state index < -0.39 is 0 Å². The molecule has 1 aromatic rings. The highest BCUT2D eigenvalue weighted by molar-refractivity contribution is 5.20. The second-order valence-electron chi connectivity index (χ2n) is 3.07. The minimum absolute atomic E-state index is 0.484. The average molecular weight is 148 g/mol. The molecule has 2 rings (SSSR count). The third kappa shape index (κ3) is 1.43. The van der Waals surface area contributed by atoms with Crippen LogP contribution in [-0.4, -0.2) is 12.7 Å². The van der Waals surface area contributed by atoms with E-state index >= 15 is 0 Å². The molecule has 1 nitrogen and oxygen atoms in total. The van der Waals surface area contributed by atoms with Crippen LogP contribution in [0.25, 0.3) is 0 Å². The minimum atomic E-state index is 0.484. The molecule has 1 aliphatic heterocycles. The highest BCUT2D eigenvalue weighted by atomic mass is 16.6. The third-order valence-electron chi connectivity index (χ3n) is 2.24. The highest BCUT2D eigenvalue weighted by Crippen LogP contribution is 2.28. The van der Waals surface area contributed by atoms with Crippen molar-refractivity contribution in [3.05, 3.63) is 35.9 Å². The molecule has 1 heteroatoms. The molecule has 0 aromatic heterocycles. The maximum Gasteiger partial charge on any atom is 0.0875 e. The van der Waals surface area contributed by atoms with Crippen molar-refractivity contribution < 1.29 is 4.74 Å². The SMILES string of the molecule is CC(c1ccccc1)C1CO1. The largest absolute Gasteiger partial charge is 0.372 e. The van der Waals surface area contributed by atoms with Gasteiger partial charge in [0.1, 0.15) is 0 Å². The maximum atomic E-state index is 5.22. The van der Waals surface area contributed by atoms with Crippen LogP contribution in [0, 0.1) is 0 Å². The van der Waals surface area contributed by atoms with Crippen LogP contribution in [0.3, 0.4) is 0 Å². The average Bonchev–Trinajstić information content (AvgIpc) is 2.87. The minimum Gasteiger partial charge on any atom is -0.372 e. The number of hydrogen-bond donors (Lipinski definition) is 0. The van der Waals surface area contributed by atoms with Crippen LogP contribution in [-0.2, 0) is 4.74 Å². The molecule has 58 valence electrons. The Bertz CT molecular complexity index is 226. The quantitative estimate of drug-likeness (QED) is 0.586. The predicted octanol–water partition coefficient (Wildman–Crippen LogP) is 2.19. The van der Waals surface area contributed by atoms with Crippen molar-refractivity contribution >= 4 is 0 Å². The summed E-state index contributed by atoms with van der Waals surface area (Å²) in [5, 5.41) is 0. The Labute approximate surface area is 67.0 Å². The zero-order valence-corrected chi connectivity index (χ0v) is 6.66. The first kappa shape index (κ1) is 6.86. The molecule has 0 aliphatic carbocycles. The molecule has 1 aromatic carbocycles. The zero-order chi connectivity index (χ0) is 7.68. The van der Waals surface area contributed by atoms with Gasteiger partial charge in [-0.2, -0.15) is 0 Å². The Balaban J connectivity index is 2.15. The summed E-state index contributed by atoms with van der Waals surface area (Å²) < 4.78 is 5.22. The van der Waals surface area contributed by atoms with Crippen molar-refractivity contribution in [1.82, 2.24) is 0 Å². The van der Waals surface area contributed by atoms with Gasteiger partial charge in [-0.1, -0.05) is 37.3 Å². The molecule has 1 aliphatic rings. The van der Waals surface area contributed by atoms with Gasteiger partial charge in [0.25, 0.3) is 0 Å². The molecule has 0 amide bonds. The predicted molar refractivity (Wildman–Crippen MR) is 44.6 cm³/mol. The highest BCUT2D eigenvalue weighted by Gasteiger charge is 2.29. The molecule has 0 spiro atoms. The fourth-order valence-electron chi connectivity index (χ4n) is 1.32. The van der Waals surface area contributed by atoms with Crippen molar-refractivity contribution in [3.8, 4) is 0 Å². The fraction of sp³-hybridized carbons (Fsp3) is 0.400. The van der Waals surface area contributed by atoms with E-state index in [-0.39, 0.29) is 0 Å². The van der Waals surface area contributed by atoms with Gasteiger partial charge in [-0.05, 0) is 5.56 Å². The van der Waals surface area contributed by atoms with Crippen LogP contribution in [0.15, 0.2) is 30.3 Å². The van der Waals surface area contributed by atoms with E-state index in [1.807, 2.05) is 6.07 Å². The molecule has 0 saturated carbocycles. The van der Waals surface area contributed by atoms with Gasteiger partial charge in [-0.3, -0.25) is 0 Å². The van der Waals surface area contributed by atoms with E-state index in [1.54, 1.807) is 0 Å². The maximum absolute atomic E-state index is 5.22. The molecule has 0 N–H and O–H groups in total. The number of epoxide rings is 1. The van der Waals surface area contributed by atoms with Crippen LogP contribution in [0.2, 0.25) is 0 Å². The molecule has 2 unspecified atom stereocenters. The topological polar surface area (TPSA) is 12.5 Å². The number of benzene rings is 1. The van der Waals surface area contributed by atoms with Crippen LogP contribution in [0.4, 0.5) is 0 Å². The molecule has 1 fully saturated rings. The van der Waals surface area contributed by atoms with Gasteiger partial charge in [0, 0.05) is 5.92 Å². The van der Waals surface area contributed by atoms with Crippen molar-refractivity contribution in [1.29, 1.82) is 0 Å². The standard InChI is InChI=1S/C10H12O/c1-8(10-7-11-10)9-5-3-2-4-6-9/h2-6,8,10H,7H2,1H3. The monoisotopic (exact) mass is 148 g/mol. The van der Waals surface area contributed by atoms with Crippen LogP contribution in [0.1, 0.15) is 18.4 Å². The lowest BCUT2D eigenvalue weighted by molar-refractivity contribution is 0.382. The van der Waals surface area contributed by atoms with Gasteiger partial charge in [-0.15, -0.1) is 0 Å². The first-order chi connectivity index (χ1) is 5.38. The normalized spacial score (nSPS) is 24.6. The summed E-state index contributed by atoms with van der Waals surface area (Å²) in [7, 11) is 0. The summed E-state index contributed by atoms with van der Waals surface area (Å²) in [5.74, 6) is 0.566. The van der Waals surface area contributed by atoms with Gasteiger partial charge < -0.3 is 4.74 Å². The van der Waals surface area contributed by atoms with Crippen LogP contribution >= 0.6 is 0 Å². The van der Waals surface area contributed by atoms with Crippen LogP contribution < -0.4 is 0 Å². The molecule has 0 radical (unpaired) electrons. The van der Waals surface area contributed by atoms with E-state index in [1.165, 1.54) is 5.56 Å². The van der Waals surface area contributed by atoms with Gasteiger partial charge in [-0.25, -0.2) is 0 Å². The fourth-order valence-corrected chi connectivity index (χ4v) is 1.32. The number of rotatable bonds is 2. The van der Waals surface area contributed by atoms with E-state index in [2.05, 4.69) is 31.2 Å². The second kappa shape index (κ2) is 2.67. The Morgan fingerprint density at radius 1 is 1.36 bits per heavy atom. The van der Waals surface area contributed by atoms with Crippen molar-refractivity contribution in [3.63, 3.8) is 0 Å². The van der Waals surface area contributed by atoms with E-state index in [9.17, 15) is 0 Å². The first-order valence-electron chi connectivity index (χ1n) is 4.04. The summed E-state index contributed by atoms with van der Waals surface area (Å²) in [5.41, 5.74) is 1.38. The lowest BCUT2D eigenvalue weighted by Gasteiger charge is -2.06. The molecule has 1 heterocycles. The molecule has 1 saturated heterocycles. The van der Waals surface area contributed by atoms with Crippen molar-refractivity contribution in [2.75, 3.05) is 6.61 Å². The van der Waals surface area contributed by atoms with Crippen molar-refractivity contribution in [2.24, 2.45) is 0 Å². The molecular formula is C10H12O. The number of hydrogen-bond acceptors (Lipinski definition) is 1. The summed E-state index contributed by atoms with van der Waals surface area (Å²) >= 11 is 0. The lowest BCUT2D eigenvalue weighted by atomic mass is 9.99. The van der Waals surface area contributed by atoms with Gasteiger partial charge >= 0.3 is 0 Å². The van der Waals surface area contributed by atoms with E-state index in [4.69, 9.17) is 4.74 Å². The second-order valence-corrected chi connectivity index (χ2v) is 3.07. The molecular weight excluding hydrogens is 136 g/mol. The summed E-state index contributed by atoms with van der Waals surface area (Å²) in [4.78, 5) is 0. The van der Waals surface area contributed by atoms with Gasteiger partial charge in [0.05, 0.1) is 12.7 Å². The number of ether oxygens (including phenoxy) is 1. The third-order valence-corrected chi connectivity index (χ3v) is 2.24. The Kier molecular flexibility index (Phi) is 1.66. The molecule has 2 atom stereocenters. The summed E-state index contributed by atoms with van der Waals surface area (Å²) in [6.45, 7) is 3.16. The smallest absolute Gasteiger partial charge is 0.0875 e. The van der Waals surface area contributed by atoms with E-state index in [0.29, 0.717) is 12.0 Å². The van der Waals surface area contributed by atoms with Gasteiger partial charge in [0.2, 0.25) is 0 Å². The van der Waals surface area contributed by atoms with E-state index in [0.717, 1.165) is 6.61 Å². The first-order valence-corrected chi connectivity index (χ1v) is 4.04. The Hall–Kier alpha value is -0.820. The molecule has 11 heavy (non-hydrogen) atoms. The zero-order valence-electron chi connectivity index (χ0n) is 6.66. The summed E-state index contributed by atoms with van der Waals surface area (Å²) in [6, 6.07) is 10.5. The Morgan fingerprint density at radius 3 is 2.55 bits per heavy atom. The van der Waals surface area contributed by atoms with Crippen molar-refractivity contribution in [2.45, 2.75) is 18.9 Å². The van der Waals surface area contributed by atoms with Gasteiger partial charge in [0.15, 0.2) is 0 Å².